The molecule has 1 atom stereocenters. The molecule has 0 spiro atoms. The van der Waals surface area contributed by atoms with E-state index in [1.807, 2.05) is 0 Å². The summed E-state index contributed by atoms with van der Waals surface area (Å²) in [5.74, 6) is 2.15. The Morgan fingerprint density at radius 3 is 2.86 bits per heavy atom. The van der Waals surface area contributed by atoms with Crippen LogP contribution >= 0.6 is 0 Å². The smallest absolute Gasteiger partial charge is 0.229 e. The molecule has 1 aliphatic carbocycles. The van der Waals surface area contributed by atoms with Crippen LogP contribution in [0, 0.1) is 18.3 Å². The Morgan fingerprint density at radius 1 is 1.25 bits per heavy atom. The van der Waals surface area contributed by atoms with Gasteiger partial charge in [-0.15, -0.1) is 0 Å². The van der Waals surface area contributed by atoms with Crippen LogP contribution in [0.2, 0.25) is 0 Å². The molecule has 10 heteroatoms. The van der Waals surface area contributed by atoms with E-state index < -0.39 is 9.73 Å². The van der Waals surface area contributed by atoms with Crippen molar-refractivity contribution < 1.29 is 4.21 Å². The van der Waals surface area contributed by atoms with E-state index in [9.17, 15) is 9.47 Å². The standard InChI is InChI=1S/C26H30N8OS/c1-16-20-15-34(2)14-18-8-5-7-17(24(18)20)11-21(16)29-26-28-13-19(12-27)25(32-26)31-22-9-6-10-23(30-22)33-36(3,4)35/h6,9-11,13,18H,5,7-8,14-15H2,1-4H3,(H2,28,29,30,31,32). The molecular formula is C26H30N8OS. The molecule has 0 bridgehead atoms. The summed E-state index contributed by atoms with van der Waals surface area (Å²) in [6, 6.07) is 9.57. The quantitative estimate of drug-likeness (QED) is 0.512. The Bertz CT molecular complexity index is 1490. The highest BCUT2D eigenvalue weighted by Gasteiger charge is 2.30. The number of nitrogens with one attached hydrogen (secondary N) is 2. The number of pyridine rings is 1. The largest absolute Gasteiger partial charge is 0.324 e. The van der Waals surface area contributed by atoms with E-state index in [2.05, 4.69) is 61.0 Å². The van der Waals surface area contributed by atoms with Crippen LogP contribution in [-0.2, 0) is 22.7 Å². The Kier molecular flexibility index (Phi) is 6.36. The Labute approximate surface area is 212 Å². The molecule has 2 aliphatic rings. The van der Waals surface area contributed by atoms with Gasteiger partial charge in [0.1, 0.15) is 17.5 Å². The molecule has 1 unspecified atom stereocenters. The van der Waals surface area contributed by atoms with Gasteiger partial charge in [-0.25, -0.2) is 14.2 Å². The van der Waals surface area contributed by atoms with Crippen molar-refractivity contribution >= 4 is 38.8 Å². The zero-order valence-corrected chi connectivity index (χ0v) is 21.8. The van der Waals surface area contributed by atoms with E-state index >= 15 is 0 Å². The number of hydrogen-bond acceptors (Lipinski definition) is 9. The Balaban J connectivity index is 1.47. The lowest BCUT2D eigenvalue weighted by Crippen LogP contribution is -2.33. The maximum absolute atomic E-state index is 12.0. The second kappa shape index (κ2) is 9.48. The number of aromatic nitrogens is 3. The van der Waals surface area contributed by atoms with Crippen LogP contribution in [0.4, 0.5) is 29.1 Å². The molecule has 3 heterocycles. The van der Waals surface area contributed by atoms with Gasteiger partial charge >= 0.3 is 0 Å². The summed E-state index contributed by atoms with van der Waals surface area (Å²) in [5.41, 5.74) is 6.88. The lowest BCUT2D eigenvalue weighted by Gasteiger charge is -2.38. The van der Waals surface area contributed by atoms with Crippen molar-refractivity contribution in [1.29, 1.82) is 5.26 Å². The lowest BCUT2D eigenvalue weighted by molar-refractivity contribution is 0.266. The predicted octanol–water partition coefficient (Wildman–Crippen LogP) is 4.76. The second-order valence-electron chi connectivity index (χ2n) is 9.86. The van der Waals surface area contributed by atoms with Crippen molar-refractivity contribution in [2.75, 3.05) is 36.7 Å². The van der Waals surface area contributed by atoms with Gasteiger partial charge in [-0.1, -0.05) is 6.07 Å². The van der Waals surface area contributed by atoms with Gasteiger partial charge in [-0.05, 0) is 79.6 Å². The molecule has 0 fully saturated rings. The van der Waals surface area contributed by atoms with E-state index in [4.69, 9.17) is 0 Å². The third kappa shape index (κ3) is 5.03. The summed E-state index contributed by atoms with van der Waals surface area (Å²) in [7, 11) is -0.158. The zero-order chi connectivity index (χ0) is 25.4. The fourth-order valence-electron chi connectivity index (χ4n) is 5.17. The SMILES string of the molecule is Cc1c(Nc2ncc(C#N)c(Nc3cccc(N=S(C)(C)=O)n3)n2)cc2c3c1CN(C)CC3CCC2. The third-order valence-corrected chi connectivity index (χ3v) is 7.29. The van der Waals surface area contributed by atoms with Crippen molar-refractivity contribution in [2.24, 2.45) is 4.36 Å². The number of nitriles is 1. The highest BCUT2D eigenvalue weighted by Crippen LogP contribution is 2.42. The number of anilines is 4. The minimum Gasteiger partial charge on any atom is -0.324 e. The molecule has 1 aliphatic heterocycles. The Morgan fingerprint density at radius 2 is 2.08 bits per heavy atom. The topological polar surface area (TPSA) is 119 Å². The van der Waals surface area contributed by atoms with Gasteiger partial charge < -0.3 is 15.5 Å². The molecule has 0 amide bonds. The molecule has 1 aromatic carbocycles. The molecule has 5 rings (SSSR count). The van der Waals surface area contributed by atoms with Crippen molar-refractivity contribution in [3.8, 4) is 6.07 Å². The third-order valence-electron chi connectivity index (χ3n) is 6.66. The molecule has 36 heavy (non-hydrogen) atoms. The molecule has 0 saturated heterocycles. The first-order chi connectivity index (χ1) is 17.2. The molecule has 2 aromatic heterocycles. The molecule has 9 nitrogen and oxygen atoms in total. The van der Waals surface area contributed by atoms with Gasteiger partial charge in [0.25, 0.3) is 0 Å². The van der Waals surface area contributed by atoms with Gasteiger partial charge in [0.2, 0.25) is 5.95 Å². The second-order valence-corrected chi connectivity index (χ2v) is 12.4. The number of rotatable bonds is 5. The maximum atomic E-state index is 12.0. The summed E-state index contributed by atoms with van der Waals surface area (Å²) in [6.45, 7) is 4.22. The van der Waals surface area contributed by atoms with Gasteiger partial charge in [-0.3, -0.25) is 0 Å². The fraction of sp³-hybridized carbons (Fsp3) is 0.385. The van der Waals surface area contributed by atoms with Crippen LogP contribution in [0.1, 0.15) is 46.6 Å². The van der Waals surface area contributed by atoms with Crippen LogP contribution in [0.3, 0.4) is 0 Å². The minimum atomic E-state index is -2.35. The number of likely N-dealkylation sites (N-methyl/N-ethyl adjacent to an activating group) is 1. The van der Waals surface area contributed by atoms with Crippen LogP contribution in [0.15, 0.2) is 34.8 Å². The van der Waals surface area contributed by atoms with Crippen molar-refractivity contribution in [2.45, 2.75) is 38.6 Å². The molecule has 3 aromatic rings. The highest BCUT2D eigenvalue weighted by atomic mass is 32.2. The summed E-state index contributed by atoms with van der Waals surface area (Å²) in [5, 5.41) is 16.1. The predicted molar refractivity (Wildman–Crippen MR) is 143 cm³/mol. The van der Waals surface area contributed by atoms with Crippen LogP contribution in [-0.4, -0.2) is 50.2 Å². The zero-order valence-electron chi connectivity index (χ0n) is 21.0. The van der Waals surface area contributed by atoms with Crippen LogP contribution in [0.25, 0.3) is 0 Å². The minimum absolute atomic E-state index is 0.293. The number of aryl methyl sites for hydroxylation is 1. The normalized spacial score (nSPS) is 17.1. The van der Waals surface area contributed by atoms with E-state index in [1.54, 1.807) is 36.3 Å². The first-order valence-corrected chi connectivity index (χ1v) is 14.3. The van der Waals surface area contributed by atoms with Crippen LogP contribution in [0.5, 0.6) is 0 Å². The molecular weight excluding hydrogens is 472 g/mol. The monoisotopic (exact) mass is 502 g/mol. The Hall–Kier alpha value is -3.55. The van der Waals surface area contributed by atoms with Gasteiger partial charge in [0.05, 0.1) is 6.20 Å². The number of nitrogens with zero attached hydrogens (tertiary/aromatic N) is 6. The summed E-state index contributed by atoms with van der Waals surface area (Å²) in [6.07, 6.45) is 8.16. The van der Waals surface area contributed by atoms with E-state index in [1.165, 1.54) is 35.7 Å². The highest BCUT2D eigenvalue weighted by molar-refractivity contribution is 7.92. The lowest BCUT2D eigenvalue weighted by atomic mass is 9.76. The molecule has 2 N–H and O–H groups in total. The number of hydrogen-bond donors (Lipinski definition) is 2. The first-order valence-electron chi connectivity index (χ1n) is 12.0. The summed E-state index contributed by atoms with van der Waals surface area (Å²) >= 11 is 0. The average Bonchev–Trinajstić information content (AvgIpc) is 2.81. The fourth-order valence-corrected chi connectivity index (χ4v) is 5.73. The van der Waals surface area contributed by atoms with E-state index in [0.717, 1.165) is 25.2 Å². The summed E-state index contributed by atoms with van der Waals surface area (Å²) < 4.78 is 16.2. The van der Waals surface area contributed by atoms with Crippen LogP contribution < -0.4 is 10.6 Å². The van der Waals surface area contributed by atoms with E-state index in [-0.39, 0.29) is 0 Å². The molecule has 0 saturated carbocycles. The van der Waals surface area contributed by atoms with Crippen molar-refractivity contribution in [1.82, 2.24) is 19.9 Å². The van der Waals surface area contributed by atoms with Crippen molar-refractivity contribution in [3.05, 3.63) is 58.3 Å². The molecule has 0 radical (unpaired) electrons. The van der Waals surface area contributed by atoms with Gasteiger partial charge in [0.15, 0.2) is 11.6 Å². The first kappa shape index (κ1) is 24.2. The molecule has 186 valence electrons. The van der Waals surface area contributed by atoms with Gasteiger partial charge in [0, 0.05) is 41.0 Å². The number of benzene rings is 1. The van der Waals surface area contributed by atoms with E-state index in [0.29, 0.717) is 34.9 Å². The average molecular weight is 503 g/mol. The van der Waals surface area contributed by atoms with Crippen molar-refractivity contribution in [3.63, 3.8) is 0 Å². The van der Waals surface area contributed by atoms with Gasteiger partial charge in [-0.2, -0.15) is 14.6 Å². The summed E-state index contributed by atoms with van der Waals surface area (Å²) in [4.78, 5) is 15.8. The maximum Gasteiger partial charge on any atom is 0.229 e.